The third kappa shape index (κ3) is 4.25. The van der Waals surface area contributed by atoms with Gasteiger partial charge in [0.05, 0.1) is 12.1 Å². The number of nitrogens with zero attached hydrogens (tertiary/aromatic N) is 1. The largest absolute Gasteiger partial charge is 0.478 e. The summed E-state index contributed by atoms with van der Waals surface area (Å²) in [5, 5.41) is 20.5. The monoisotopic (exact) mass is 310 g/mol. The van der Waals surface area contributed by atoms with E-state index < -0.39 is 17.3 Å². The van der Waals surface area contributed by atoms with Crippen LogP contribution in [0.1, 0.15) is 23.2 Å². The van der Waals surface area contributed by atoms with Crippen molar-refractivity contribution >= 4 is 17.6 Å². The number of nitrogens with one attached hydrogen (secondary N) is 1. The Hall–Kier alpha value is -1.99. The molecular formula is C15H19FN2O4. The number of aliphatic hydroxyl groups excluding tert-OH is 1. The van der Waals surface area contributed by atoms with Crippen LogP contribution in [0.2, 0.25) is 0 Å². The van der Waals surface area contributed by atoms with E-state index in [2.05, 4.69) is 5.32 Å². The quantitative estimate of drug-likeness (QED) is 0.759. The molecule has 7 heteroatoms. The first-order valence-corrected chi connectivity index (χ1v) is 7.15. The number of aromatic carboxylic acids is 1. The minimum absolute atomic E-state index is 0.174. The first-order valence-electron chi connectivity index (χ1n) is 7.15. The fourth-order valence-corrected chi connectivity index (χ4v) is 2.50. The molecule has 6 nitrogen and oxygen atoms in total. The molecule has 1 aliphatic heterocycles. The van der Waals surface area contributed by atoms with Gasteiger partial charge in [-0.1, -0.05) is 0 Å². The number of hydrogen-bond acceptors (Lipinski definition) is 4. The van der Waals surface area contributed by atoms with Gasteiger partial charge in [-0.2, -0.15) is 0 Å². The lowest BCUT2D eigenvalue weighted by molar-refractivity contribution is -0.117. The Morgan fingerprint density at radius 2 is 2.00 bits per heavy atom. The maximum Gasteiger partial charge on any atom is 0.338 e. The second-order valence-corrected chi connectivity index (χ2v) is 5.45. The van der Waals surface area contributed by atoms with Crippen LogP contribution in [0.25, 0.3) is 0 Å². The van der Waals surface area contributed by atoms with E-state index in [1.165, 1.54) is 6.07 Å². The summed E-state index contributed by atoms with van der Waals surface area (Å²) in [6, 6.07) is 3.46. The predicted octanol–water partition coefficient (Wildman–Crippen LogP) is 1.17. The number of likely N-dealkylation sites (tertiary alicyclic amines) is 1. The molecule has 0 atom stereocenters. The van der Waals surface area contributed by atoms with E-state index in [4.69, 9.17) is 10.2 Å². The van der Waals surface area contributed by atoms with Crippen LogP contribution in [-0.2, 0) is 4.79 Å². The standard InChI is InChI=1S/C15H19FN2O4/c16-13-2-1-11(7-12(13)15(21)22)17-14(20)8-18-5-3-10(9-19)4-6-18/h1-2,7,10,19H,3-6,8-9H2,(H,17,20)(H,21,22). The molecule has 120 valence electrons. The van der Waals surface area contributed by atoms with Crippen molar-refractivity contribution in [1.29, 1.82) is 0 Å². The fraction of sp³-hybridized carbons (Fsp3) is 0.467. The number of benzene rings is 1. The second kappa shape index (κ2) is 7.33. The second-order valence-electron chi connectivity index (χ2n) is 5.45. The first-order chi connectivity index (χ1) is 10.5. The van der Waals surface area contributed by atoms with Gasteiger partial charge in [0.1, 0.15) is 5.82 Å². The van der Waals surface area contributed by atoms with Crippen LogP contribution in [-0.4, -0.2) is 53.2 Å². The lowest BCUT2D eigenvalue weighted by Gasteiger charge is -2.30. The molecule has 1 fully saturated rings. The zero-order valence-corrected chi connectivity index (χ0v) is 12.1. The fourth-order valence-electron chi connectivity index (χ4n) is 2.50. The van der Waals surface area contributed by atoms with E-state index in [0.717, 1.165) is 38.1 Å². The summed E-state index contributed by atoms with van der Waals surface area (Å²) in [5.74, 6) is -2.18. The highest BCUT2D eigenvalue weighted by Crippen LogP contribution is 2.17. The third-order valence-electron chi connectivity index (χ3n) is 3.81. The molecule has 1 aliphatic rings. The van der Waals surface area contributed by atoms with Gasteiger partial charge in [-0.05, 0) is 50.0 Å². The molecule has 0 spiro atoms. The van der Waals surface area contributed by atoms with E-state index in [-0.39, 0.29) is 24.7 Å². The molecule has 1 aromatic rings. The molecule has 2 rings (SSSR count). The number of aliphatic hydroxyl groups is 1. The molecule has 0 aliphatic carbocycles. The van der Waals surface area contributed by atoms with Gasteiger partial charge in [-0.15, -0.1) is 0 Å². The Labute approximate surface area is 127 Å². The van der Waals surface area contributed by atoms with Crippen molar-refractivity contribution in [1.82, 2.24) is 4.90 Å². The lowest BCUT2D eigenvalue weighted by atomic mass is 9.98. The van der Waals surface area contributed by atoms with Crippen molar-refractivity contribution in [3.05, 3.63) is 29.6 Å². The SMILES string of the molecule is O=C(CN1CCC(CO)CC1)Nc1ccc(F)c(C(=O)O)c1. The smallest absolute Gasteiger partial charge is 0.338 e. The van der Waals surface area contributed by atoms with E-state index in [1.807, 2.05) is 4.90 Å². The Morgan fingerprint density at radius 3 is 2.59 bits per heavy atom. The molecular weight excluding hydrogens is 291 g/mol. The number of rotatable bonds is 5. The molecule has 1 aromatic carbocycles. The molecule has 3 N–H and O–H groups in total. The minimum atomic E-state index is -1.38. The van der Waals surface area contributed by atoms with Crippen LogP contribution in [0.15, 0.2) is 18.2 Å². The summed E-state index contributed by atoms with van der Waals surface area (Å²) in [7, 11) is 0. The summed E-state index contributed by atoms with van der Waals surface area (Å²) in [4.78, 5) is 24.8. The molecule has 0 bridgehead atoms. The van der Waals surface area contributed by atoms with Gasteiger partial charge in [0.25, 0.3) is 0 Å². The molecule has 0 saturated carbocycles. The van der Waals surface area contributed by atoms with Crippen LogP contribution < -0.4 is 5.32 Å². The zero-order chi connectivity index (χ0) is 16.1. The number of amides is 1. The number of carbonyl (C=O) groups is 2. The highest BCUT2D eigenvalue weighted by atomic mass is 19.1. The number of hydrogen-bond donors (Lipinski definition) is 3. The van der Waals surface area contributed by atoms with Gasteiger partial charge in [0.2, 0.25) is 5.91 Å². The molecule has 0 aromatic heterocycles. The highest BCUT2D eigenvalue weighted by Gasteiger charge is 2.20. The van der Waals surface area contributed by atoms with Gasteiger partial charge in [0.15, 0.2) is 0 Å². The van der Waals surface area contributed by atoms with E-state index >= 15 is 0 Å². The van der Waals surface area contributed by atoms with Gasteiger partial charge in [-0.3, -0.25) is 9.69 Å². The molecule has 0 unspecified atom stereocenters. The summed E-state index contributed by atoms with van der Waals surface area (Å²) in [5.41, 5.74) is -0.212. The Morgan fingerprint density at radius 1 is 1.32 bits per heavy atom. The summed E-state index contributed by atoms with van der Waals surface area (Å²) >= 11 is 0. The number of halogens is 1. The first kappa shape index (κ1) is 16.4. The number of carbonyl (C=O) groups excluding carboxylic acids is 1. The zero-order valence-electron chi connectivity index (χ0n) is 12.1. The van der Waals surface area contributed by atoms with Crippen molar-refractivity contribution in [2.24, 2.45) is 5.92 Å². The van der Waals surface area contributed by atoms with Gasteiger partial charge < -0.3 is 15.5 Å². The molecule has 22 heavy (non-hydrogen) atoms. The molecule has 1 heterocycles. The average Bonchev–Trinajstić information content (AvgIpc) is 2.49. The topological polar surface area (TPSA) is 89.9 Å². The maximum absolute atomic E-state index is 13.3. The number of carboxylic acid groups (broad SMARTS) is 1. The molecule has 1 saturated heterocycles. The predicted molar refractivity (Wildman–Crippen MR) is 78.2 cm³/mol. The van der Waals surface area contributed by atoms with E-state index in [0.29, 0.717) is 5.92 Å². The Balaban J connectivity index is 1.90. The van der Waals surface area contributed by atoms with Crippen LogP contribution in [0.5, 0.6) is 0 Å². The maximum atomic E-state index is 13.3. The van der Waals surface area contributed by atoms with Crippen molar-refractivity contribution in [3.8, 4) is 0 Å². The van der Waals surface area contributed by atoms with Gasteiger partial charge in [0, 0.05) is 12.3 Å². The normalized spacial score (nSPS) is 16.5. The lowest BCUT2D eigenvalue weighted by Crippen LogP contribution is -2.39. The van der Waals surface area contributed by atoms with Gasteiger partial charge in [-0.25, -0.2) is 9.18 Å². The van der Waals surface area contributed by atoms with Crippen LogP contribution in [0.3, 0.4) is 0 Å². The van der Waals surface area contributed by atoms with Crippen molar-refractivity contribution < 1.29 is 24.2 Å². The summed E-state index contributed by atoms with van der Waals surface area (Å²) < 4.78 is 13.3. The number of carboxylic acids is 1. The van der Waals surface area contributed by atoms with E-state index in [1.54, 1.807) is 0 Å². The number of anilines is 1. The van der Waals surface area contributed by atoms with Crippen molar-refractivity contribution in [2.75, 3.05) is 31.6 Å². The van der Waals surface area contributed by atoms with Crippen LogP contribution in [0, 0.1) is 11.7 Å². The Kier molecular flexibility index (Phi) is 5.46. The van der Waals surface area contributed by atoms with Crippen LogP contribution >= 0.6 is 0 Å². The number of piperidine rings is 1. The average molecular weight is 310 g/mol. The molecule has 1 amide bonds. The third-order valence-corrected chi connectivity index (χ3v) is 3.81. The van der Waals surface area contributed by atoms with Crippen molar-refractivity contribution in [3.63, 3.8) is 0 Å². The van der Waals surface area contributed by atoms with Gasteiger partial charge >= 0.3 is 5.97 Å². The summed E-state index contributed by atoms with van der Waals surface area (Å²) in [6.45, 7) is 1.84. The molecule has 0 radical (unpaired) electrons. The highest BCUT2D eigenvalue weighted by molar-refractivity contribution is 5.94. The minimum Gasteiger partial charge on any atom is -0.478 e. The Bertz CT molecular complexity index is 556. The van der Waals surface area contributed by atoms with E-state index in [9.17, 15) is 14.0 Å². The summed E-state index contributed by atoms with van der Waals surface area (Å²) in [6.07, 6.45) is 1.70. The van der Waals surface area contributed by atoms with Crippen molar-refractivity contribution in [2.45, 2.75) is 12.8 Å². The van der Waals surface area contributed by atoms with Crippen LogP contribution in [0.4, 0.5) is 10.1 Å².